The Balaban J connectivity index is 2.23. The van der Waals surface area contributed by atoms with E-state index in [0.29, 0.717) is 29.5 Å². The van der Waals surface area contributed by atoms with Gasteiger partial charge >= 0.3 is 0 Å². The van der Waals surface area contributed by atoms with E-state index in [-0.39, 0.29) is 25.2 Å². The predicted molar refractivity (Wildman–Crippen MR) is 78.9 cm³/mol. The molecule has 1 aliphatic heterocycles. The van der Waals surface area contributed by atoms with Crippen LogP contribution in [0.4, 0.5) is 17.1 Å². The molecule has 0 aromatic heterocycles. The van der Waals surface area contributed by atoms with Crippen LogP contribution in [0.25, 0.3) is 0 Å². The number of nitrogens with two attached hydrogens (primary N) is 1. The van der Waals surface area contributed by atoms with Crippen LogP contribution < -0.4 is 21.1 Å². The van der Waals surface area contributed by atoms with Crippen molar-refractivity contribution in [3.05, 3.63) is 12.1 Å². The molecular weight excluding hydrogens is 258 g/mol. The Morgan fingerprint density at radius 2 is 2.25 bits per heavy atom. The van der Waals surface area contributed by atoms with Crippen LogP contribution in [-0.4, -0.2) is 30.3 Å². The topological polar surface area (TPSA) is 96.6 Å². The molecule has 6 heteroatoms. The molecule has 0 bridgehead atoms. The van der Waals surface area contributed by atoms with Crippen molar-refractivity contribution < 1.29 is 14.6 Å². The predicted octanol–water partition coefficient (Wildman–Crippen LogP) is 1.42. The lowest BCUT2D eigenvalue weighted by Crippen LogP contribution is -2.28. The zero-order valence-electron chi connectivity index (χ0n) is 11.8. The number of amides is 1. The van der Waals surface area contributed by atoms with E-state index >= 15 is 0 Å². The van der Waals surface area contributed by atoms with Gasteiger partial charge in [-0.3, -0.25) is 4.79 Å². The van der Waals surface area contributed by atoms with Crippen molar-refractivity contribution in [2.75, 3.05) is 29.6 Å². The minimum Gasteiger partial charge on any atom is -0.482 e. The highest BCUT2D eigenvalue weighted by Gasteiger charge is 2.20. The average Bonchev–Trinajstić information content (AvgIpc) is 2.39. The molecule has 1 unspecified atom stereocenters. The number of carbonyl (C=O) groups excluding carboxylic acids is 1. The first-order chi connectivity index (χ1) is 9.51. The van der Waals surface area contributed by atoms with Gasteiger partial charge in [0.05, 0.1) is 17.1 Å². The molecule has 1 aromatic rings. The largest absolute Gasteiger partial charge is 0.482 e. The smallest absolute Gasteiger partial charge is 0.262 e. The lowest BCUT2D eigenvalue weighted by atomic mass is 10.0. The highest BCUT2D eigenvalue weighted by Crippen LogP contribution is 2.35. The fourth-order valence-electron chi connectivity index (χ4n) is 2.18. The molecule has 1 aromatic carbocycles. The van der Waals surface area contributed by atoms with Crippen LogP contribution in [0, 0.1) is 5.92 Å². The van der Waals surface area contributed by atoms with Crippen LogP contribution in [0.2, 0.25) is 0 Å². The lowest BCUT2D eigenvalue weighted by molar-refractivity contribution is -0.118. The van der Waals surface area contributed by atoms with Gasteiger partial charge in [-0.05, 0) is 18.4 Å². The molecule has 0 aliphatic carbocycles. The zero-order valence-corrected chi connectivity index (χ0v) is 11.8. The maximum absolute atomic E-state index is 11.3. The van der Waals surface area contributed by atoms with Gasteiger partial charge in [-0.1, -0.05) is 13.8 Å². The summed E-state index contributed by atoms with van der Waals surface area (Å²) in [4.78, 5) is 11.3. The first-order valence-corrected chi connectivity index (χ1v) is 6.75. The van der Waals surface area contributed by atoms with Gasteiger partial charge in [0.15, 0.2) is 6.61 Å². The van der Waals surface area contributed by atoms with Crippen LogP contribution >= 0.6 is 0 Å². The Hall–Kier alpha value is -1.95. The molecule has 1 aliphatic rings. The molecule has 0 radical (unpaired) electrons. The second-order valence-corrected chi connectivity index (χ2v) is 5.28. The monoisotopic (exact) mass is 279 g/mol. The lowest BCUT2D eigenvalue weighted by Gasteiger charge is -2.25. The Morgan fingerprint density at radius 1 is 1.50 bits per heavy atom. The van der Waals surface area contributed by atoms with Crippen molar-refractivity contribution in [2.24, 2.45) is 5.92 Å². The quantitative estimate of drug-likeness (QED) is 0.611. The fourth-order valence-corrected chi connectivity index (χ4v) is 2.18. The minimum absolute atomic E-state index is 0.0122. The van der Waals surface area contributed by atoms with Gasteiger partial charge in [-0.15, -0.1) is 0 Å². The summed E-state index contributed by atoms with van der Waals surface area (Å²) in [6, 6.07) is 3.59. The standard InChI is InChI=1S/C14H21N3O3/c1-8(2)10(3-4-18)16-11-6-12-13(5-9(11)15)20-7-14(19)17-12/h5-6,8,10,16,18H,3-4,7,15H2,1-2H3,(H,17,19). The van der Waals surface area contributed by atoms with Crippen molar-refractivity contribution in [3.8, 4) is 5.75 Å². The van der Waals surface area contributed by atoms with E-state index in [2.05, 4.69) is 24.5 Å². The summed E-state index contributed by atoms with van der Waals surface area (Å²) < 4.78 is 5.31. The van der Waals surface area contributed by atoms with E-state index in [1.165, 1.54) is 0 Å². The molecule has 6 nitrogen and oxygen atoms in total. The molecule has 0 saturated carbocycles. The molecule has 20 heavy (non-hydrogen) atoms. The third-order valence-electron chi connectivity index (χ3n) is 3.37. The molecule has 1 amide bonds. The van der Waals surface area contributed by atoms with Gasteiger partial charge in [-0.2, -0.15) is 0 Å². The molecule has 1 atom stereocenters. The van der Waals surface area contributed by atoms with E-state index in [1.807, 2.05) is 0 Å². The van der Waals surface area contributed by atoms with Gasteiger partial charge in [0.1, 0.15) is 5.75 Å². The molecular formula is C14H21N3O3. The number of hydrogen-bond acceptors (Lipinski definition) is 5. The number of hydrogen-bond donors (Lipinski definition) is 4. The number of rotatable bonds is 5. The highest BCUT2D eigenvalue weighted by atomic mass is 16.5. The number of aliphatic hydroxyl groups is 1. The van der Waals surface area contributed by atoms with Gasteiger partial charge in [0.2, 0.25) is 0 Å². The minimum atomic E-state index is -0.177. The summed E-state index contributed by atoms with van der Waals surface area (Å²) in [5.41, 5.74) is 7.92. The number of nitrogen functional groups attached to an aromatic ring is 1. The zero-order chi connectivity index (χ0) is 14.7. The SMILES string of the molecule is CC(C)C(CCO)Nc1cc2c(cc1N)OCC(=O)N2. The van der Waals surface area contributed by atoms with Crippen molar-refractivity contribution >= 4 is 23.0 Å². The Labute approximate surface area is 118 Å². The molecule has 2 rings (SSSR count). The average molecular weight is 279 g/mol. The number of fused-ring (bicyclic) bond motifs is 1. The molecule has 0 fully saturated rings. The maximum Gasteiger partial charge on any atom is 0.262 e. The number of ether oxygens (including phenoxy) is 1. The van der Waals surface area contributed by atoms with Crippen molar-refractivity contribution in [2.45, 2.75) is 26.3 Å². The number of aliphatic hydroxyl groups excluding tert-OH is 1. The van der Waals surface area contributed by atoms with Gasteiger partial charge in [-0.25, -0.2) is 0 Å². The number of nitrogens with one attached hydrogen (secondary N) is 2. The summed E-state index contributed by atoms with van der Waals surface area (Å²) in [6.07, 6.45) is 0.636. The Kier molecular flexibility index (Phi) is 4.34. The molecule has 110 valence electrons. The van der Waals surface area contributed by atoms with Crippen LogP contribution in [0.3, 0.4) is 0 Å². The van der Waals surface area contributed by atoms with Crippen molar-refractivity contribution in [3.63, 3.8) is 0 Å². The Morgan fingerprint density at radius 3 is 2.90 bits per heavy atom. The molecule has 1 heterocycles. The van der Waals surface area contributed by atoms with E-state index in [1.54, 1.807) is 12.1 Å². The first kappa shape index (κ1) is 14.5. The summed E-state index contributed by atoms with van der Waals surface area (Å²) in [5.74, 6) is 0.753. The highest BCUT2D eigenvalue weighted by molar-refractivity contribution is 5.97. The van der Waals surface area contributed by atoms with Crippen LogP contribution in [0.5, 0.6) is 5.75 Å². The van der Waals surface area contributed by atoms with Gasteiger partial charge < -0.3 is 26.2 Å². The first-order valence-electron chi connectivity index (χ1n) is 6.75. The fraction of sp³-hybridized carbons (Fsp3) is 0.500. The van der Waals surface area contributed by atoms with Gasteiger partial charge in [0, 0.05) is 18.7 Å². The van der Waals surface area contributed by atoms with Crippen molar-refractivity contribution in [1.29, 1.82) is 0 Å². The van der Waals surface area contributed by atoms with Crippen LogP contribution in [0.15, 0.2) is 12.1 Å². The maximum atomic E-state index is 11.3. The summed E-state index contributed by atoms with van der Waals surface area (Å²) in [7, 11) is 0. The van der Waals surface area contributed by atoms with E-state index in [4.69, 9.17) is 15.6 Å². The van der Waals surface area contributed by atoms with Crippen molar-refractivity contribution in [1.82, 2.24) is 0 Å². The van der Waals surface area contributed by atoms with Gasteiger partial charge in [0.25, 0.3) is 5.91 Å². The summed E-state index contributed by atoms with van der Waals surface area (Å²) >= 11 is 0. The van der Waals surface area contributed by atoms with E-state index < -0.39 is 0 Å². The molecule has 0 saturated heterocycles. The number of anilines is 3. The third kappa shape index (κ3) is 3.14. The summed E-state index contributed by atoms with van der Waals surface area (Å²) in [6.45, 7) is 4.28. The number of carbonyl (C=O) groups is 1. The third-order valence-corrected chi connectivity index (χ3v) is 3.37. The molecule has 0 spiro atoms. The van der Waals surface area contributed by atoms with Crippen LogP contribution in [0.1, 0.15) is 20.3 Å². The normalized spacial score (nSPS) is 15.3. The van der Waals surface area contributed by atoms with E-state index in [0.717, 1.165) is 5.69 Å². The second-order valence-electron chi connectivity index (χ2n) is 5.28. The second kappa shape index (κ2) is 6.00. The molecule has 5 N–H and O–H groups in total. The van der Waals surface area contributed by atoms with E-state index in [9.17, 15) is 4.79 Å². The Bertz CT molecular complexity index is 503. The van der Waals surface area contributed by atoms with Crippen LogP contribution in [-0.2, 0) is 4.79 Å². The summed E-state index contributed by atoms with van der Waals surface area (Å²) in [5, 5.41) is 15.2. The number of benzene rings is 1.